The second kappa shape index (κ2) is 4.21. The van der Waals surface area contributed by atoms with Gasteiger partial charge in [0.2, 0.25) is 0 Å². The molecule has 0 unspecified atom stereocenters. The molecule has 1 aromatic carbocycles. The van der Waals surface area contributed by atoms with Crippen molar-refractivity contribution >= 4 is 18.3 Å². The van der Waals surface area contributed by atoms with Crippen molar-refractivity contribution in [1.82, 2.24) is 0 Å². The summed E-state index contributed by atoms with van der Waals surface area (Å²) in [6.07, 6.45) is 0.483. The number of nitro benzene ring substituents is 1. The van der Waals surface area contributed by atoms with Gasteiger partial charge in [-0.25, -0.2) is 0 Å². The van der Waals surface area contributed by atoms with Crippen LogP contribution in [0.25, 0.3) is 0 Å². The average molecular weight is 195 g/mol. The molecule has 0 aromatic heterocycles. The van der Waals surface area contributed by atoms with Gasteiger partial charge in [-0.2, -0.15) is 0 Å². The fourth-order valence-corrected chi connectivity index (χ4v) is 1.23. The molecule has 5 nitrogen and oxygen atoms in total. The highest BCUT2D eigenvalue weighted by atomic mass is 16.6. The predicted octanol–water partition coefficient (Wildman–Crippen LogP) is -0.163. The molecule has 0 aliphatic heterocycles. The summed E-state index contributed by atoms with van der Waals surface area (Å²) in [5.74, 6) is 0. The normalized spacial score (nSPS) is 9.93. The van der Waals surface area contributed by atoms with Crippen LogP contribution in [0.2, 0.25) is 0 Å². The van der Waals surface area contributed by atoms with Crippen molar-refractivity contribution in [2.45, 2.75) is 13.3 Å². The minimum atomic E-state index is -1.58. The zero-order valence-corrected chi connectivity index (χ0v) is 7.67. The van der Waals surface area contributed by atoms with Crippen LogP contribution in [0.5, 0.6) is 0 Å². The molecule has 14 heavy (non-hydrogen) atoms. The molecule has 0 fully saturated rings. The van der Waals surface area contributed by atoms with Gasteiger partial charge in [0.15, 0.2) is 0 Å². The quantitative estimate of drug-likeness (QED) is 0.398. The van der Waals surface area contributed by atoms with Gasteiger partial charge >= 0.3 is 7.12 Å². The first-order valence-electron chi connectivity index (χ1n) is 4.19. The molecule has 0 saturated carbocycles. The molecular weight excluding hydrogens is 185 g/mol. The number of rotatable bonds is 3. The highest BCUT2D eigenvalue weighted by Crippen LogP contribution is 2.16. The third-order valence-electron chi connectivity index (χ3n) is 1.98. The fraction of sp³-hybridized carbons (Fsp3) is 0.250. The average Bonchev–Trinajstić information content (AvgIpc) is 2.16. The Bertz CT molecular complexity index is 353. The van der Waals surface area contributed by atoms with Crippen LogP contribution in [0.4, 0.5) is 5.69 Å². The van der Waals surface area contributed by atoms with Crippen molar-refractivity contribution < 1.29 is 15.0 Å². The van der Waals surface area contributed by atoms with Crippen LogP contribution < -0.4 is 5.46 Å². The van der Waals surface area contributed by atoms with E-state index in [0.29, 0.717) is 12.0 Å². The van der Waals surface area contributed by atoms with E-state index >= 15 is 0 Å². The SMILES string of the molecule is CCc1cc(B(O)O)ccc1[N+](=O)[O-]. The number of hydrogen-bond donors (Lipinski definition) is 2. The van der Waals surface area contributed by atoms with Crippen LogP contribution in [0.1, 0.15) is 12.5 Å². The Morgan fingerprint density at radius 2 is 2.14 bits per heavy atom. The molecule has 0 atom stereocenters. The van der Waals surface area contributed by atoms with Gasteiger partial charge in [-0.3, -0.25) is 10.1 Å². The van der Waals surface area contributed by atoms with Crippen molar-refractivity contribution in [3.05, 3.63) is 33.9 Å². The lowest BCUT2D eigenvalue weighted by atomic mass is 9.79. The minimum absolute atomic E-state index is 0.0110. The second-order valence-electron chi connectivity index (χ2n) is 2.87. The van der Waals surface area contributed by atoms with E-state index in [1.807, 2.05) is 0 Å². The van der Waals surface area contributed by atoms with Gasteiger partial charge in [0.25, 0.3) is 5.69 Å². The Hall–Kier alpha value is -1.40. The summed E-state index contributed by atoms with van der Waals surface area (Å²) in [6, 6.07) is 4.05. The highest BCUT2D eigenvalue weighted by Gasteiger charge is 2.17. The second-order valence-corrected chi connectivity index (χ2v) is 2.87. The number of hydrogen-bond acceptors (Lipinski definition) is 4. The van der Waals surface area contributed by atoms with Gasteiger partial charge < -0.3 is 10.0 Å². The molecule has 2 N–H and O–H groups in total. The molecule has 0 aliphatic rings. The lowest BCUT2D eigenvalue weighted by Crippen LogP contribution is -2.30. The summed E-state index contributed by atoms with van der Waals surface area (Å²) in [7, 11) is -1.58. The van der Waals surface area contributed by atoms with Gasteiger partial charge in [0.05, 0.1) is 4.92 Å². The van der Waals surface area contributed by atoms with E-state index in [-0.39, 0.29) is 11.2 Å². The predicted molar refractivity (Wildman–Crippen MR) is 52.3 cm³/mol. The zero-order valence-electron chi connectivity index (χ0n) is 7.67. The third-order valence-corrected chi connectivity index (χ3v) is 1.98. The van der Waals surface area contributed by atoms with Gasteiger partial charge in [-0.15, -0.1) is 0 Å². The molecule has 0 radical (unpaired) electrons. The van der Waals surface area contributed by atoms with E-state index < -0.39 is 12.0 Å². The Labute approximate surface area is 81.3 Å². The molecule has 74 valence electrons. The number of aryl methyl sites for hydroxylation is 1. The Kier molecular flexibility index (Phi) is 3.21. The van der Waals surface area contributed by atoms with Crippen molar-refractivity contribution in [3.8, 4) is 0 Å². The first-order chi connectivity index (χ1) is 6.56. The standard InChI is InChI=1S/C8H10BNO4/c1-2-6-5-7(9(11)12)3-4-8(6)10(13)14/h3-5,11-12H,2H2,1H3. The van der Waals surface area contributed by atoms with Crippen molar-refractivity contribution in [2.24, 2.45) is 0 Å². The van der Waals surface area contributed by atoms with Crippen molar-refractivity contribution in [2.75, 3.05) is 0 Å². The molecule has 1 aromatic rings. The van der Waals surface area contributed by atoms with Crippen LogP contribution in [0, 0.1) is 10.1 Å². The molecule has 6 heteroatoms. The molecule has 1 rings (SSSR count). The Morgan fingerprint density at radius 1 is 1.50 bits per heavy atom. The van der Waals surface area contributed by atoms with E-state index in [4.69, 9.17) is 10.0 Å². The van der Waals surface area contributed by atoms with Crippen molar-refractivity contribution in [1.29, 1.82) is 0 Å². The number of benzene rings is 1. The van der Waals surface area contributed by atoms with Crippen LogP contribution in [0.15, 0.2) is 18.2 Å². The monoisotopic (exact) mass is 195 g/mol. The first kappa shape index (κ1) is 10.7. The highest BCUT2D eigenvalue weighted by molar-refractivity contribution is 6.58. The zero-order chi connectivity index (χ0) is 10.7. The molecular formula is C8H10BNO4. The summed E-state index contributed by atoms with van der Waals surface area (Å²) in [5.41, 5.74) is 0.782. The van der Waals surface area contributed by atoms with Crippen molar-refractivity contribution in [3.63, 3.8) is 0 Å². The molecule has 0 saturated heterocycles. The van der Waals surface area contributed by atoms with E-state index in [1.165, 1.54) is 18.2 Å². The maximum atomic E-state index is 10.5. The summed E-state index contributed by atoms with van der Waals surface area (Å²) >= 11 is 0. The summed E-state index contributed by atoms with van der Waals surface area (Å²) in [6.45, 7) is 1.77. The molecule has 0 aliphatic carbocycles. The lowest BCUT2D eigenvalue weighted by molar-refractivity contribution is -0.385. The molecule has 0 spiro atoms. The Morgan fingerprint density at radius 3 is 2.57 bits per heavy atom. The van der Waals surface area contributed by atoms with Crippen LogP contribution in [-0.4, -0.2) is 22.1 Å². The number of nitro groups is 1. The smallest absolute Gasteiger partial charge is 0.423 e. The fourth-order valence-electron chi connectivity index (χ4n) is 1.23. The molecule has 0 bridgehead atoms. The van der Waals surface area contributed by atoms with Gasteiger partial charge in [0, 0.05) is 11.6 Å². The lowest BCUT2D eigenvalue weighted by Gasteiger charge is -2.03. The Balaban J connectivity index is 3.18. The van der Waals surface area contributed by atoms with E-state index in [0.717, 1.165) is 0 Å². The van der Waals surface area contributed by atoms with E-state index in [9.17, 15) is 10.1 Å². The van der Waals surface area contributed by atoms with E-state index in [2.05, 4.69) is 0 Å². The largest absolute Gasteiger partial charge is 0.488 e. The minimum Gasteiger partial charge on any atom is -0.423 e. The van der Waals surface area contributed by atoms with Crippen LogP contribution in [0.3, 0.4) is 0 Å². The van der Waals surface area contributed by atoms with Crippen LogP contribution in [-0.2, 0) is 6.42 Å². The third kappa shape index (κ3) is 2.10. The van der Waals surface area contributed by atoms with Crippen LogP contribution >= 0.6 is 0 Å². The number of nitrogens with zero attached hydrogens (tertiary/aromatic N) is 1. The topological polar surface area (TPSA) is 83.6 Å². The summed E-state index contributed by atoms with van der Waals surface area (Å²) in [5, 5.41) is 28.3. The van der Waals surface area contributed by atoms with Gasteiger partial charge in [0.1, 0.15) is 0 Å². The maximum absolute atomic E-state index is 10.5. The van der Waals surface area contributed by atoms with Gasteiger partial charge in [-0.1, -0.05) is 19.1 Å². The summed E-state index contributed by atoms with van der Waals surface area (Å²) in [4.78, 5) is 10.1. The molecule has 0 amide bonds. The summed E-state index contributed by atoms with van der Waals surface area (Å²) < 4.78 is 0. The van der Waals surface area contributed by atoms with Gasteiger partial charge in [-0.05, 0) is 11.9 Å². The maximum Gasteiger partial charge on any atom is 0.488 e. The molecule has 0 heterocycles. The van der Waals surface area contributed by atoms with E-state index in [1.54, 1.807) is 6.92 Å². The first-order valence-corrected chi connectivity index (χ1v) is 4.19.